The third-order valence-corrected chi connectivity index (χ3v) is 5.75. The van der Waals surface area contributed by atoms with Crippen molar-refractivity contribution in [3.63, 3.8) is 0 Å². The summed E-state index contributed by atoms with van der Waals surface area (Å²) in [5.41, 5.74) is 2.17. The molecule has 0 unspecified atom stereocenters. The monoisotopic (exact) mass is 376 g/mol. The number of amides is 1. The number of carbonyl (C=O) groups excluding carboxylic acids is 1. The molecule has 0 spiro atoms. The van der Waals surface area contributed by atoms with Gasteiger partial charge >= 0.3 is 0 Å². The van der Waals surface area contributed by atoms with Crippen molar-refractivity contribution in [3.8, 4) is 0 Å². The fourth-order valence-corrected chi connectivity index (χ4v) is 4.11. The van der Waals surface area contributed by atoms with Crippen LogP contribution in [0.3, 0.4) is 0 Å². The molecule has 0 saturated carbocycles. The molecule has 3 rings (SSSR count). The van der Waals surface area contributed by atoms with E-state index in [2.05, 4.69) is 11.6 Å². The van der Waals surface area contributed by atoms with Gasteiger partial charge in [0.2, 0.25) is 5.91 Å². The minimum Gasteiger partial charge on any atom is -0.312 e. The molecular weight excluding hydrogens is 355 g/mol. The molecule has 0 radical (unpaired) electrons. The smallest absolute Gasteiger partial charge is 0.261 e. The van der Waals surface area contributed by atoms with Crippen LogP contribution in [0.15, 0.2) is 47.4 Å². The van der Waals surface area contributed by atoms with Crippen LogP contribution >= 0.6 is 0 Å². The van der Waals surface area contributed by atoms with Crippen molar-refractivity contribution in [2.75, 3.05) is 16.2 Å². The molecule has 1 aliphatic rings. The molecule has 0 fully saturated rings. The molecule has 1 amide bonds. The Bertz CT molecular complexity index is 928. The maximum Gasteiger partial charge on any atom is 0.261 e. The number of sulfonamides is 1. The van der Waals surface area contributed by atoms with Crippen LogP contribution in [-0.4, -0.2) is 20.9 Å². The van der Waals surface area contributed by atoms with Gasteiger partial charge in [-0.15, -0.1) is 0 Å². The van der Waals surface area contributed by atoms with Crippen LogP contribution in [0.25, 0.3) is 0 Å². The summed E-state index contributed by atoms with van der Waals surface area (Å²) in [4.78, 5) is 13.8. The van der Waals surface area contributed by atoms with Crippen LogP contribution in [0, 0.1) is 5.82 Å². The Labute approximate surface area is 152 Å². The van der Waals surface area contributed by atoms with Crippen molar-refractivity contribution in [2.24, 2.45) is 0 Å². The summed E-state index contributed by atoms with van der Waals surface area (Å²) in [7, 11) is -3.87. The third-order valence-electron chi connectivity index (χ3n) is 4.37. The lowest BCUT2D eigenvalue weighted by Gasteiger charge is -2.29. The van der Waals surface area contributed by atoms with E-state index >= 15 is 0 Å². The van der Waals surface area contributed by atoms with Gasteiger partial charge in [0.05, 0.1) is 4.90 Å². The molecule has 7 heteroatoms. The molecule has 0 atom stereocenters. The van der Waals surface area contributed by atoms with Crippen molar-refractivity contribution in [1.82, 2.24) is 0 Å². The first-order chi connectivity index (χ1) is 12.4. The van der Waals surface area contributed by atoms with Gasteiger partial charge in [0.15, 0.2) is 0 Å². The van der Waals surface area contributed by atoms with E-state index in [1.807, 2.05) is 0 Å². The summed E-state index contributed by atoms with van der Waals surface area (Å²) in [6.45, 7) is 2.73. The van der Waals surface area contributed by atoms with E-state index in [1.54, 1.807) is 23.1 Å². The quantitative estimate of drug-likeness (QED) is 0.836. The van der Waals surface area contributed by atoms with Gasteiger partial charge in [-0.3, -0.25) is 9.52 Å². The van der Waals surface area contributed by atoms with Crippen molar-refractivity contribution < 1.29 is 17.6 Å². The summed E-state index contributed by atoms with van der Waals surface area (Å²) < 4.78 is 40.7. The average molecular weight is 376 g/mol. The Balaban J connectivity index is 1.86. The first-order valence-corrected chi connectivity index (χ1v) is 10.1. The highest BCUT2D eigenvalue weighted by Crippen LogP contribution is 2.31. The highest BCUT2D eigenvalue weighted by atomic mass is 32.2. The van der Waals surface area contributed by atoms with E-state index < -0.39 is 15.8 Å². The van der Waals surface area contributed by atoms with Crippen LogP contribution < -0.4 is 9.62 Å². The first-order valence-electron chi connectivity index (χ1n) is 8.62. The molecule has 0 aliphatic carbocycles. The van der Waals surface area contributed by atoms with Gasteiger partial charge in [0.25, 0.3) is 10.0 Å². The predicted octanol–water partition coefficient (Wildman–Crippen LogP) is 3.71. The number of hydrogen-bond donors (Lipinski definition) is 1. The van der Waals surface area contributed by atoms with E-state index in [0.717, 1.165) is 30.2 Å². The molecule has 1 aliphatic heterocycles. The highest BCUT2D eigenvalue weighted by Gasteiger charge is 2.24. The maximum atomic E-state index is 13.3. The summed E-state index contributed by atoms with van der Waals surface area (Å²) in [5, 5.41) is 0. The minimum absolute atomic E-state index is 0.0963. The average Bonchev–Trinajstić information content (AvgIpc) is 2.61. The lowest BCUT2D eigenvalue weighted by Crippen LogP contribution is -2.35. The normalized spacial score (nSPS) is 14.2. The number of unbranched alkanes of at least 4 members (excludes halogenated alkanes) is 1. The Morgan fingerprint density at radius 3 is 2.69 bits per heavy atom. The molecule has 2 aromatic rings. The zero-order valence-electron chi connectivity index (χ0n) is 14.5. The zero-order valence-corrected chi connectivity index (χ0v) is 15.4. The maximum absolute atomic E-state index is 13.3. The van der Waals surface area contributed by atoms with Gasteiger partial charge in [-0.2, -0.15) is 0 Å². The number of hydrogen-bond acceptors (Lipinski definition) is 3. The lowest BCUT2D eigenvalue weighted by atomic mass is 10.00. The Kier molecular flexibility index (Phi) is 5.27. The molecule has 2 aromatic carbocycles. The third kappa shape index (κ3) is 3.88. The Morgan fingerprint density at radius 2 is 1.96 bits per heavy atom. The summed E-state index contributed by atoms with van der Waals surface area (Å²) in [6.07, 6.45) is 2.90. The summed E-state index contributed by atoms with van der Waals surface area (Å²) in [6, 6.07) is 10.0. The highest BCUT2D eigenvalue weighted by molar-refractivity contribution is 7.92. The van der Waals surface area contributed by atoms with Crippen LogP contribution in [0.4, 0.5) is 15.8 Å². The summed E-state index contributed by atoms with van der Waals surface area (Å²) in [5.74, 6) is -0.512. The second-order valence-corrected chi connectivity index (χ2v) is 7.99. The number of anilines is 2. The standard InChI is InChI=1S/C19H21FN2O3S/c1-2-3-11-22-18-9-8-16(12-14(18)7-10-19(22)23)21-26(24,25)17-6-4-5-15(20)13-17/h4-6,8-9,12-13,21H,2-3,7,10-11H2,1H3. The van der Waals surface area contributed by atoms with Crippen LogP contribution in [-0.2, 0) is 21.2 Å². The number of carbonyl (C=O) groups is 1. The molecule has 5 nitrogen and oxygen atoms in total. The van der Waals surface area contributed by atoms with Crippen molar-refractivity contribution in [1.29, 1.82) is 0 Å². The second kappa shape index (κ2) is 7.45. The van der Waals surface area contributed by atoms with E-state index in [0.29, 0.717) is 25.1 Å². The van der Waals surface area contributed by atoms with E-state index in [9.17, 15) is 17.6 Å². The zero-order chi connectivity index (χ0) is 18.7. The fraction of sp³-hybridized carbons (Fsp3) is 0.316. The van der Waals surface area contributed by atoms with E-state index in [-0.39, 0.29) is 10.8 Å². The number of nitrogens with zero attached hydrogens (tertiary/aromatic N) is 1. The van der Waals surface area contributed by atoms with Gasteiger partial charge in [0.1, 0.15) is 5.82 Å². The molecule has 138 valence electrons. The molecule has 1 heterocycles. The topological polar surface area (TPSA) is 66.5 Å². The second-order valence-electron chi connectivity index (χ2n) is 6.31. The minimum atomic E-state index is -3.87. The van der Waals surface area contributed by atoms with Crippen molar-refractivity contribution in [2.45, 2.75) is 37.5 Å². The number of benzene rings is 2. The Morgan fingerprint density at radius 1 is 1.15 bits per heavy atom. The van der Waals surface area contributed by atoms with E-state index in [4.69, 9.17) is 0 Å². The van der Waals surface area contributed by atoms with Crippen LogP contribution in [0.2, 0.25) is 0 Å². The molecular formula is C19H21FN2O3S. The lowest BCUT2D eigenvalue weighted by molar-refractivity contribution is -0.118. The molecule has 1 N–H and O–H groups in total. The largest absolute Gasteiger partial charge is 0.312 e. The van der Waals surface area contributed by atoms with Crippen LogP contribution in [0.1, 0.15) is 31.7 Å². The molecule has 26 heavy (non-hydrogen) atoms. The van der Waals surface area contributed by atoms with Gasteiger partial charge in [-0.1, -0.05) is 19.4 Å². The van der Waals surface area contributed by atoms with Crippen molar-refractivity contribution >= 4 is 27.3 Å². The van der Waals surface area contributed by atoms with Gasteiger partial charge in [-0.05, 0) is 54.8 Å². The molecule has 0 bridgehead atoms. The number of halogens is 1. The predicted molar refractivity (Wildman–Crippen MR) is 99.2 cm³/mol. The molecule has 0 aromatic heterocycles. The molecule has 0 saturated heterocycles. The van der Waals surface area contributed by atoms with Gasteiger partial charge < -0.3 is 4.90 Å². The van der Waals surface area contributed by atoms with Gasteiger partial charge in [-0.25, -0.2) is 12.8 Å². The first kappa shape index (κ1) is 18.4. The Hall–Kier alpha value is -2.41. The van der Waals surface area contributed by atoms with E-state index in [1.165, 1.54) is 18.2 Å². The van der Waals surface area contributed by atoms with Gasteiger partial charge in [0, 0.05) is 24.3 Å². The number of fused-ring (bicyclic) bond motifs is 1. The number of nitrogens with one attached hydrogen (secondary N) is 1. The number of rotatable bonds is 6. The number of aryl methyl sites for hydroxylation is 1. The SMILES string of the molecule is CCCCN1C(=O)CCc2cc(NS(=O)(=O)c3cccc(F)c3)ccc21. The summed E-state index contributed by atoms with van der Waals surface area (Å²) >= 11 is 0. The van der Waals surface area contributed by atoms with Crippen molar-refractivity contribution in [3.05, 3.63) is 53.8 Å². The van der Waals surface area contributed by atoms with Crippen LogP contribution in [0.5, 0.6) is 0 Å². The fourth-order valence-electron chi connectivity index (χ4n) is 3.03.